The van der Waals surface area contributed by atoms with Crippen LogP contribution in [0.5, 0.6) is 5.75 Å². The van der Waals surface area contributed by atoms with Crippen LogP contribution in [0.4, 0.5) is 5.69 Å². The van der Waals surface area contributed by atoms with Crippen LogP contribution in [0.2, 0.25) is 0 Å². The van der Waals surface area contributed by atoms with E-state index in [-0.39, 0.29) is 5.91 Å². The van der Waals surface area contributed by atoms with Gasteiger partial charge in [-0.2, -0.15) is 0 Å². The number of para-hydroxylation sites is 1. The molecule has 1 amide bonds. The van der Waals surface area contributed by atoms with Gasteiger partial charge in [-0.15, -0.1) is 0 Å². The highest BCUT2D eigenvalue weighted by Gasteiger charge is 2.17. The Morgan fingerprint density at radius 3 is 2.85 bits per heavy atom. The molecule has 20 heavy (non-hydrogen) atoms. The number of carbonyl (C=O) groups is 1. The Labute approximate surface area is 120 Å². The molecule has 0 spiro atoms. The third-order valence-electron chi connectivity index (χ3n) is 3.89. The van der Waals surface area contributed by atoms with Gasteiger partial charge in [-0.3, -0.25) is 4.79 Å². The lowest BCUT2D eigenvalue weighted by Gasteiger charge is -2.13. The topological polar surface area (TPSA) is 64.3 Å². The van der Waals surface area contributed by atoms with Crippen LogP contribution in [0.1, 0.15) is 49.4 Å². The van der Waals surface area contributed by atoms with E-state index in [2.05, 4.69) is 5.32 Å². The fraction of sp³-hybridized carbons (Fsp3) is 0.562. The lowest BCUT2D eigenvalue weighted by molar-refractivity contribution is 0.0948. The van der Waals surface area contributed by atoms with Crippen LogP contribution in [0.15, 0.2) is 18.2 Å². The van der Waals surface area contributed by atoms with E-state index < -0.39 is 0 Å². The maximum Gasteiger partial charge on any atom is 0.255 e. The van der Waals surface area contributed by atoms with Crippen LogP contribution in [0, 0.1) is 5.92 Å². The minimum Gasteiger partial charge on any atom is -0.491 e. The SMILES string of the molecule is CCOc1c(N)cccc1C(=O)NCCC1CCCC1. The Balaban J connectivity index is 1.92. The summed E-state index contributed by atoms with van der Waals surface area (Å²) in [6.45, 7) is 3.11. The molecule has 1 saturated carbocycles. The van der Waals surface area contributed by atoms with Gasteiger partial charge >= 0.3 is 0 Å². The summed E-state index contributed by atoms with van der Waals surface area (Å²) in [5.74, 6) is 1.18. The standard InChI is InChI=1S/C16H24N2O2/c1-2-20-15-13(8-5-9-14(15)17)16(19)18-11-10-12-6-3-4-7-12/h5,8-9,12H,2-4,6-7,10-11,17H2,1H3,(H,18,19). The summed E-state index contributed by atoms with van der Waals surface area (Å²) in [6, 6.07) is 5.29. The van der Waals surface area contributed by atoms with E-state index in [1.54, 1.807) is 18.2 Å². The van der Waals surface area contributed by atoms with Gasteiger partial charge in [0.25, 0.3) is 5.91 Å². The molecule has 0 radical (unpaired) electrons. The monoisotopic (exact) mass is 276 g/mol. The summed E-state index contributed by atoms with van der Waals surface area (Å²) in [5.41, 5.74) is 6.90. The summed E-state index contributed by atoms with van der Waals surface area (Å²) < 4.78 is 5.48. The molecule has 0 aromatic heterocycles. The van der Waals surface area contributed by atoms with E-state index in [4.69, 9.17) is 10.5 Å². The molecule has 0 aliphatic heterocycles. The number of nitrogens with one attached hydrogen (secondary N) is 1. The lowest BCUT2D eigenvalue weighted by Crippen LogP contribution is -2.26. The van der Waals surface area contributed by atoms with E-state index in [1.807, 2.05) is 6.92 Å². The van der Waals surface area contributed by atoms with Crippen molar-refractivity contribution in [2.24, 2.45) is 5.92 Å². The Hall–Kier alpha value is -1.71. The maximum atomic E-state index is 12.2. The molecule has 1 fully saturated rings. The van der Waals surface area contributed by atoms with Gasteiger partial charge in [0.2, 0.25) is 0 Å². The van der Waals surface area contributed by atoms with Crippen molar-refractivity contribution >= 4 is 11.6 Å². The number of ether oxygens (including phenoxy) is 1. The lowest BCUT2D eigenvalue weighted by atomic mass is 10.0. The van der Waals surface area contributed by atoms with E-state index in [0.717, 1.165) is 18.9 Å². The molecule has 4 heteroatoms. The average molecular weight is 276 g/mol. The van der Waals surface area contributed by atoms with Crippen LogP contribution < -0.4 is 15.8 Å². The summed E-state index contributed by atoms with van der Waals surface area (Å²) in [5, 5.41) is 2.98. The second-order valence-corrected chi connectivity index (χ2v) is 5.35. The van der Waals surface area contributed by atoms with Crippen molar-refractivity contribution in [2.75, 3.05) is 18.9 Å². The highest BCUT2D eigenvalue weighted by Crippen LogP contribution is 2.28. The zero-order valence-corrected chi connectivity index (χ0v) is 12.2. The Kier molecular flexibility index (Phi) is 5.27. The second kappa shape index (κ2) is 7.17. The molecule has 0 saturated heterocycles. The first-order chi connectivity index (χ1) is 9.72. The number of nitrogen functional groups attached to an aromatic ring is 1. The molecule has 0 bridgehead atoms. The Bertz CT molecular complexity index is 454. The number of anilines is 1. The number of carbonyl (C=O) groups excluding carboxylic acids is 1. The van der Waals surface area contributed by atoms with Crippen LogP contribution in [-0.2, 0) is 0 Å². The third kappa shape index (κ3) is 3.65. The van der Waals surface area contributed by atoms with E-state index >= 15 is 0 Å². The van der Waals surface area contributed by atoms with Crippen molar-refractivity contribution in [3.8, 4) is 5.75 Å². The van der Waals surface area contributed by atoms with Crippen molar-refractivity contribution in [1.29, 1.82) is 0 Å². The van der Waals surface area contributed by atoms with Gasteiger partial charge in [0.1, 0.15) is 0 Å². The number of nitrogens with two attached hydrogens (primary N) is 1. The second-order valence-electron chi connectivity index (χ2n) is 5.35. The minimum atomic E-state index is -0.0984. The van der Waals surface area contributed by atoms with E-state index in [9.17, 15) is 4.79 Å². The molecule has 0 unspecified atom stereocenters. The summed E-state index contributed by atoms with van der Waals surface area (Å²) in [4.78, 5) is 12.2. The number of benzene rings is 1. The van der Waals surface area contributed by atoms with Gasteiger partial charge in [0, 0.05) is 6.54 Å². The number of hydrogen-bond donors (Lipinski definition) is 2. The molecule has 3 N–H and O–H groups in total. The molecule has 110 valence electrons. The fourth-order valence-corrected chi connectivity index (χ4v) is 2.82. The predicted molar refractivity (Wildman–Crippen MR) is 80.9 cm³/mol. The zero-order valence-electron chi connectivity index (χ0n) is 12.2. The van der Waals surface area contributed by atoms with Crippen molar-refractivity contribution in [3.63, 3.8) is 0 Å². The van der Waals surface area contributed by atoms with Crippen LogP contribution in [0.25, 0.3) is 0 Å². The molecule has 4 nitrogen and oxygen atoms in total. The first-order valence-corrected chi connectivity index (χ1v) is 7.52. The number of hydrogen-bond acceptors (Lipinski definition) is 3. The number of rotatable bonds is 6. The quantitative estimate of drug-likeness (QED) is 0.785. The first kappa shape index (κ1) is 14.7. The molecule has 1 aromatic rings. The highest BCUT2D eigenvalue weighted by molar-refractivity contribution is 5.98. The van der Waals surface area contributed by atoms with Gasteiger partial charge < -0.3 is 15.8 Å². The third-order valence-corrected chi connectivity index (χ3v) is 3.89. The number of amides is 1. The molecular weight excluding hydrogens is 252 g/mol. The minimum absolute atomic E-state index is 0.0984. The first-order valence-electron chi connectivity index (χ1n) is 7.52. The Morgan fingerprint density at radius 1 is 1.40 bits per heavy atom. The largest absolute Gasteiger partial charge is 0.491 e. The fourth-order valence-electron chi connectivity index (χ4n) is 2.82. The van der Waals surface area contributed by atoms with Gasteiger partial charge in [0.15, 0.2) is 5.75 Å². The summed E-state index contributed by atoms with van der Waals surface area (Å²) in [7, 11) is 0. The average Bonchev–Trinajstić information content (AvgIpc) is 2.94. The molecule has 0 heterocycles. The van der Waals surface area contributed by atoms with Crippen molar-refractivity contribution in [1.82, 2.24) is 5.32 Å². The van der Waals surface area contributed by atoms with Gasteiger partial charge in [-0.05, 0) is 31.4 Å². The van der Waals surface area contributed by atoms with E-state index in [1.165, 1.54) is 25.7 Å². The maximum absolute atomic E-state index is 12.2. The molecule has 2 rings (SSSR count). The van der Waals surface area contributed by atoms with Crippen molar-refractivity contribution in [3.05, 3.63) is 23.8 Å². The van der Waals surface area contributed by atoms with Crippen molar-refractivity contribution in [2.45, 2.75) is 39.0 Å². The molecule has 1 aliphatic carbocycles. The van der Waals surface area contributed by atoms with Crippen LogP contribution in [-0.4, -0.2) is 19.1 Å². The normalized spacial score (nSPS) is 15.2. The zero-order chi connectivity index (χ0) is 14.4. The van der Waals surface area contributed by atoms with Gasteiger partial charge in [-0.1, -0.05) is 31.7 Å². The predicted octanol–water partition coefficient (Wildman–Crippen LogP) is 2.98. The van der Waals surface area contributed by atoms with E-state index in [0.29, 0.717) is 23.6 Å². The summed E-state index contributed by atoms with van der Waals surface area (Å²) in [6.07, 6.45) is 6.35. The Morgan fingerprint density at radius 2 is 2.15 bits per heavy atom. The highest BCUT2D eigenvalue weighted by atomic mass is 16.5. The molecular formula is C16H24N2O2. The molecule has 1 aliphatic rings. The molecule has 1 aromatic carbocycles. The van der Waals surface area contributed by atoms with Gasteiger partial charge in [-0.25, -0.2) is 0 Å². The van der Waals surface area contributed by atoms with Crippen LogP contribution in [0.3, 0.4) is 0 Å². The van der Waals surface area contributed by atoms with Gasteiger partial charge in [0.05, 0.1) is 17.9 Å². The summed E-state index contributed by atoms with van der Waals surface area (Å²) >= 11 is 0. The smallest absolute Gasteiger partial charge is 0.255 e. The molecule has 0 atom stereocenters. The van der Waals surface area contributed by atoms with Crippen LogP contribution >= 0.6 is 0 Å². The van der Waals surface area contributed by atoms with Crippen molar-refractivity contribution < 1.29 is 9.53 Å².